The number of nitrogens with one attached hydrogen (secondary N) is 1. The summed E-state index contributed by atoms with van der Waals surface area (Å²) in [6.45, 7) is 3.31. The van der Waals surface area contributed by atoms with Gasteiger partial charge in [0.05, 0.1) is 23.7 Å². The standard InChI is InChI=1S/C24H26N2O4S/c1-18-10-9-13-21(16-18)31(28,29)26(20-11-5-4-6-12-20)17-24(27)25-19(2)22-14-7-8-15-23(22)30-3/h4-16,19H,17H2,1-3H3,(H,25,27). The molecular weight excluding hydrogens is 412 g/mol. The van der Waals surface area contributed by atoms with Gasteiger partial charge in [0.15, 0.2) is 0 Å². The van der Waals surface area contributed by atoms with E-state index in [2.05, 4.69) is 5.32 Å². The van der Waals surface area contributed by atoms with Gasteiger partial charge in [0.1, 0.15) is 12.3 Å². The molecule has 0 fully saturated rings. The first-order valence-electron chi connectivity index (χ1n) is 9.89. The highest BCUT2D eigenvalue weighted by molar-refractivity contribution is 7.92. The van der Waals surface area contributed by atoms with Gasteiger partial charge in [0.2, 0.25) is 5.91 Å². The van der Waals surface area contributed by atoms with E-state index >= 15 is 0 Å². The second kappa shape index (κ2) is 9.66. The Morgan fingerprint density at radius 1 is 1.00 bits per heavy atom. The lowest BCUT2D eigenvalue weighted by molar-refractivity contribution is -0.120. The third-order valence-corrected chi connectivity index (χ3v) is 6.66. The summed E-state index contributed by atoms with van der Waals surface area (Å²) in [5.41, 5.74) is 2.05. The van der Waals surface area contributed by atoms with E-state index in [1.807, 2.05) is 44.2 Å². The zero-order valence-corrected chi connectivity index (χ0v) is 18.6. The number of benzene rings is 3. The third kappa shape index (κ3) is 5.24. The van der Waals surface area contributed by atoms with Gasteiger partial charge < -0.3 is 10.1 Å². The molecule has 7 heteroatoms. The largest absolute Gasteiger partial charge is 0.496 e. The molecule has 162 valence electrons. The van der Waals surface area contributed by atoms with Crippen molar-refractivity contribution in [2.75, 3.05) is 18.0 Å². The molecule has 0 radical (unpaired) electrons. The molecule has 3 aromatic carbocycles. The van der Waals surface area contributed by atoms with Crippen molar-refractivity contribution in [3.63, 3.8) is 0 Å². The van der Waals surface area contributed by atoms with Gasteiger partial charge in [-0.15, -0.1) is 0 Å². The molecule has 0 saturated heterocycles. The molecule has 0 aliphatic rings. The molecule has 0 aliphatic carbocycles. The fourth-order valence-electron chi connectivity index (χ4n) is 3.33. The van der Waals surface area contributed by atoms with Crippen molar-refractivity contribution < 1.29 is 17.9 Å². The Labute approximate surface area is 183 Å². The number of hydrogen-bond donors (Lipinski definition) is 1. The molecule has 1 amide bonds. The molecule has 0 heterocycles. The molecule has 1 N–H and O–H groups in total. The number of para-hydroxylation sites is 2. The number of methoxy groups -OCH3 is 1. The minimum Gasteiger partial charge on any atom is -0.496 e. The van der Waals surface area contributed by atoms with Crippen molar-refractivity contribution in [1.29, 1.82) is 0 Å². The van der Waals surface area contributed by atoms with Crippen molar-refractivity contribution in [3.8, 4) is 5.75 Å². The zero-order chi connectivity index (χ0) is 22.4. The SMILES string of the molecule is COc1ccccc1C(C)NC(=O)CN(c1ccccc1)S(=O)(=O)c1cccc(C)c1. The van der Waals surface area contributed by atoms with Crippen LogP contribution in [-0.2, 0) is 14.8 Å². The summed E-state index contributed by atoms with van der Waals surface area (Å²) in [5, 5.41) is 2.88. The van der Waals surface area contributed by atoms with Gasteiger partial charge in [-0.1, -0.05) is 48.5 Å². The number of nitrogens with zero attached hydrogens (tertiary/aromatic N) is 1. The van der Waals surface area contributed by atoms with E-state index in [9.17, 15) is 13.2 Å². The van der Waals surface area contributed by atoms with Crippen LogP contribution in [0.15, 0.2) is 83.8 Å². The van der Waals surface area contributed by atoms with Crippen LogP contribution >= 0.6 is 0 Å². The van der Waals surface area contributed by atoms with Crippen LogP contribution in [0, 0.1) is 6.92 Å². The Morgan fingerprint density at radius 2 is 1.68 bits per heavy atom. The van der Waals surface area contributed by atoms with Crippen LogP contribution in [-0.4, -0.2) is 28.0 Å². The summed E-state index contributed by atoms with van der Waals surface area (Å²) in [5.74, 6) is 0.237. The normalized spacial score (nSPS) is 12.1. The van der Waals surface area contributed by atoms with Crippen LogP contribution < -0.4 is 14.4 Å². The van der Waals surface area contributed by atoms with E-state index in [4.69, 9.17) is 4.74 Å². The Kier molecular flexibility index (Phi) is 6.97. The maximum absolute atomic E-state index is 13.4. The Morgan fingerprint density at radius 3 is 2.35 bits per heavy atom. The number of sulfonamides is 1. The van der Waals surface area contributed by atoms with Gasteiger partial charge in [0, 0.05) is 5.56 Å². The van der Waals surface area contributed by atoms with Gasteiger partial charge in [-0.05, 0) is 49.7 Å². The molecular formula is C24H26N2O4S. The lowest BCUT2D eigenvalue weighted by Gasteiger charge is -2.25. The van der Waals surface area contributed by atoms with E-state index < -0.39 is 15.9 Å². The summed E-state index contributed by atoms with van der Waals surface area (Å²) in [6.07, 6.45) is 0. The Hall–Kier alpha value is -3.32. The first-order chi connectivity index (χ1) is 14.8. The lowest BCUT2D eigenvalue weighted by atomic mass is 10.1. The number of anilines is 1. The summed E-state index contributed by atoms with van der Waals surface area (Å²) < 4.78 is 33.3. The number of carbonyl (C=O) groups excluding carboxylic acids is 1. The molecule has 3 rings (SSSR count). The summed E-state index contributed by atoms with van der Waals surface area (Å²) in [6, 6.07) is 22.3. The summed E-state index contributed by atoms with van der Waals surface area (Å²) in [7, 11) is -2.37. The van der Waals surface area contributed by atoms with E-state index in [1.54, 1.807) is 49.6 Å². The second-order valence-corrected chi connectivity index (χ2v) is 9.06. The number of carbonyl (C=O) groups is 1. The molecule has 0 spiro atoms. The summed E-state index contributed by atoms with van der Waals surface area (Å²) in [4.78, 5) is 13.0. The van der Waals surface area contributed by atoms with Crippen LogP contribution in [0.2, 0.25) is 0 Å². The van der Waals surface area contributed by atoms with Gasteiger partial charge in [-0.25, -0.2) is 8.42 Å². The van der Waals surface area contributed by atoms with Crippen LogP contribution in [0.1, 0.15) is 24.1 Å². The van der Waals surface area contributed by atoms with E-state index in [1.165, 1.54) is 6.07 Å². The summed E-state index contributed by atoms with van der Waals surface area (Å²) >= 11 is 0. The van der Waals surface area contributed by atoms with Crippen LogP contribution in [0.3, 0.4) is 0 Å². The highest BCUT2D eigenvalue weighted by Gasteiger charge is 2.28. The van der Waals surface area contributed by atoms with Crippen LogP contribution in [0.25, 0.3) is 0 Å². The van der Waals surface area contributed by atoms with Gasteiger partial charge in [0.25, 0.3) is 10.0 Å². The molecule has 1 unspecified atom stereocenters. The second-order valence-electron chi connectivity index (χ2n) is 7.19. The Balaban J connectivity index is 1.88. The average molecular weight is 439 g/mol. The maximum Gasteiger partial charge on any atom is 0.264 e. The number of amides is 1. The molecule has 3 aromatic rings. The van der Waals surface area contributed by atoms with Crippen molar-refractivity contribution >= 4 is 21.6 Å². The average Bonchev–Trinajstić information content (AvgIpc) is 2.77. The predicted molar refractivity (Wildman–Crippen MR) is 122 cm³/mol. The van der Waals surface area contributed by atoms with E-state index in [-0.39, 0.29) is 17.5 Å². The number of hydrogen-bond acceptors (Lipinski definition) is 4. The van der Waals surface area contributed by atoms with Crippen molar-refractivity contribution in [2.45, 2.75) is 24.8 Å². The van der Waals surface area contributed by atoms with E-state index in [0.29, 0.717) is 11.4 Å². The predicted octanol–water partition coefficient (Wildman–Crippen LogP) is 4.08. The van der Waals surface area contributed by atoms with Crippen LogP contribution in [0.4, 0.5) is 5.69 Å². The molecule has 6 nitrogen and oxygen atoms in total. The minimum absolute atomic E-state index is 0.141. The quantitative estimate of drug-likeness (QED) is 0.575. The number of rotatable bonds is 8. The number of aryl methyl sites for hydroxylation is 1. The smallest absolute Gasteiger partial charge is 0.264 e. The van der Waals surface area contributed by atoms with Crippen molar-refractivity contribution in [3.05, 3.63) is 90.0 Å². The number of ether oxygens (including phenoxy) is 1. The lowest BCUT2D eigenvalue weighted by Crippen LogP contribution is -2.41. The topological polar surface area (TPSA) is 75.7 Å². The van der Waals surface area contributed by atoms with Gasteiger partial charge in [-0.2, -0.15) is 0 Å². The first-order valence-corrected chi connectivity index (χ1v) is 11.3. The molecule has 0 aliphatic heterocycles. The highest BCUT2D eigenvalue weighted by atomic mass is 32.2. The van der Waals surface area contributed by atoms with Gasteiger partial charge in [-0.3, -0.25) is 9.10 Å². The highest BCUT2D eigenvalue weighted by Crippen LogP contribution is 2.26. The zero-order valence-electron chi connectivity index (χ0n) is 17.8. The molecule has 1 atom stereocenters. The molecule has 0 aromatic heterocycles. The van der Waals surface area contributed by atoms with Crippen molar-refractivity contribution in [1.82, 2.24) is 5.32 Å². The van der Waals surface area contributed by atoms with E-state index in [0.717, 1.165) is 15.4 Å². The maximum atomic E-state index is 13.4. The first kappa shape index (κ1) is 22.4. The monoisotopic (exact) mass is 438 g/mol. The third-order valence-electron chi connectivity index (χ3n) is 4.89. The molecule has 0 saturated carbocycles. The molecule has 0 bridgehead atoms. The molecule has 31 heavy (non-hydrogen) atoms. The fraction of sp³-hybridized carbons (Fsp3) is 0.208. The minimum atomic E-state index is -3.94. The van der Waals surface area contributed by atoms with Gasteiger partial charge >= 0.3 is 0 Å². The Bertz CT molecular complexity index is 1150. The van der Waals surface area contributed by atoms with Crippen molar-refractivity contribution in [2.24, 2.45) is 0 Å². The fourth-order valence-corrected chi connectivity index (χ4v) is 4.86. The van der Waals surface area contributed by atoms with Crippen LogP contribution in [0.5, 0.6) is 5.75 Å².